The molecule has 0 saturated carbocycles. The van der Waals surface area contributed by atoms with Crippen molar-refractivity contribution in [1.82, 2.24) is 14.5 Å². The van der Waals surface area contributed by atoms with Gasteiger partial charge >= 0.3 is 0 Å². The first kappa shape index (κ1) is 31.5. The average Bonchev–Trinajstić information content (AvgIpc) is 3.99. The molecule has 4 aromatic heterocycles. The van der Waals surface area contributed by atoms with E-state index in [2.05, 4.69) is 180 Å². The molecule has 0 unspecified atom stereocenters. The summed E-state index contributed by atoms with van der Waals surface area (Å²) in [4.78, 5) is 11.4. The van der Waals surface area contributed by atoms with Crippen molar-refractivity contribution < 1.29 is 4.42 Å². The Kier molecular flexibility index (Phi) is 6.14. The van der Waals surface area contributed by atoms with Crippen LogP contribution < -0.4 is 0 Å². The molecule has 0 spiro atoms. The number of aromatic nitrogens is 3. The van der Waals surface area contributed by atoms with Crippen LogP contribution >= 0.6 is 11.3 Å². The van der Waals surface area contributed by atoms with Crippen LogP contribution in [0.15, 0.2) is 180 Å². The summed E-state index contributed by atoms with van der Waals surface area (Å²) >= 11 is 1.85. The van der Waals surface area contributed by atoms with Gasteiger partial charge in [0, 0.05) is 58.7 Å². The van der Waals surface area contributed by atoms with Crippen LogP contribution in [0, 0.1) is 0 Å². The zero-order chi connectivity index (χ0) is 38.3. The van der Waals surface area contributed by atoms with Crippen LogP contribution in [0.5, 0.6) is 0 Å². The van der Waals surface area contributed by atoms with Crippen molar-refractivity contribution in [2.75, 3.05) is 0 Å². The lowest BCUT2D eigenvalue weighted by molar-refractivity contribution is 0.673. The first-order valence-electron chi connectivity index (χ1n) is 20.0. The highest BCUT2D eigenvalue weighted by Gasteiger charge is 2.25. The van der Waals surface area contributed by atoms with E-state index in [1.54, 1.807) is 0 Å². The molecule has 5 heteroatoms. The van der Waals surface area contributed by atoms with Gasteiger partial charge in [0.2, 0.25) is 5.95 Å². The minimum atomic E-state index is 0.642. The van der Waals surface area contributed by atoms with Gasteiger partial charge in [-0.2, -0.15) is 0 Å². The molecular weight excluding hydrogens is 739 g/mol. The molecule has 272 valence electrons. The SMILES string of the molecule is c1ccc2c(c1)ccc1c3ccc(-c4nc(-n5c6ccccc6c6c7ccccc7c7c8ccccc8sc7c65)nc5c6ccccc6c6ccccc6c45)cc3oc21. The molecule has 0 bridgehead atoms. The summed E-state index contributed by atoms with van der Waals surface area (Å²) in [5, 5.41) is 17.5. The van der Waals surface area contributed by atoms with Crippen molar-refractivity contribution >= 4 is 129 Å². The van der Waals surface area contributed by atoms with E-state index in [9.17, 15) is 0 Å². The van der Waals surface area contributed by atoms with Crippen molar-refractivity contribution in [1.29, 1.82) is 0 Å². The number of hydrogen-bond donors (Lipinski definition) is 0. The predicted molar refractivity (Wildman–Crippen MR) is 250 cm³/mol. The highest BCUT2D eigenvalue weighted by atomic mass is 32.1. The molecule has 4 nitrogen and oxygen atoms in total. The predicted octanol–water partition coefficient (Wildman–Crippen LogP) is 15.3. The van der Waals surface area contributed by atoms with E-state index in [-0.39, 0.29) is 0 Å². The lowest BCUT2D eigenvalue weighted by Crippen LogP contribution is -2.04. The molecule has 0 saturated heterocycles. The number of benzene rings is 10. The van der Waals surface area contributed by atoms with Gasteiger partial charge in [0.1, 0.15) is 11.2 Å². The van der Waals surface area contributed by atoms with E-state index >= 15 is 0 Å². The third kappa shape index (κ3) is 4.16. The van der Waals surface area contributed by atoms with Gasteiger partial charge in [-0.05, 0) is 62.6 Å². The summed E-state index contributed by atoms with van der Waals surface area (Å²) in [5.41, 5.74) is 6.73. The van der Waals surface area contributed by atoms with Crippen molar-refractivity contribution in [2.45, 2.75) is 0 Å². The first-order valence-corrected chi connectivity index (χ1v) is 20.8. The number of nitrogens with zero attached hydrogens (tertiary/aromatic N) is 3. The van der Waals surface area contributed by atoms with E-state index in [0.29, 0.717) is 5.95 Å². The van der Waals surface area contributed by atoms with Crippen molar-refractivity contribution in [3.63, 3.8) is 0 Å². The van der Waals surface area contributed by atoms with Crippen molar-refractivity contribution in [2.24, 2.45) is 0 Å². The van der Waals surface area contributed by atoms with Gasteiger partial charge in [-0.15, -0.1) is 11.3 Å². The molecule has 0 amide bonds. The Bertz CT molecular complexity index is 4150. The Morgan fingerprint density at radius 1 is 0.441 bits per heavy atom. The standard InChI is InChI=1S/C54H29N3OS/c1-2-14-32-30(13-1)25-28-40-35-27-26-31(29-44(35)58-52(32)40)49-48-36-17-5-3-15-33(36)34-16-4-8-20-39(34)50(48)56-54(55-49)57-43-23-11-9-21-41(43)46-37-18-6-7-19-38(37)47-42-22-10-12-24-45(42)59-53(47)51(46)57/h1-29H. The quantitative estimate of drug-likeness (QED) is 0.165. The maximum atomic E-state index is 6.79. The topological polar surface area (TPSA) is 43.9 Å². The number of rotatable bonds is 2. The fourth-order valence-corrected chi connectivity index (χ4v) is 11.3. The van der Waals surface area contributed by atoms with Crippen molar-refractivity contribution in [3.8, 4) is 17.2 Å². The molecule has 4 heterocycles. The smallest absolute Gasteiger partial charge is 0.235 e. The Labute approximate surface area is 339 Å². The Morgan fingerprint density at radius 3 is 1.86 bits per heavy atom. The third-order valence-electron chi connectivity index (χ3n) is 12.6. The highest BCUT2D eigenvalue weighted by molar-refractivity contribution is 7.27. The van der Waals surface area contributed by atoms with Crippen LogP contribution in [0.3, 0.4) is 0 Å². The number of para-hydroxylation sites is 1. The van der Waals surface area contributed by atoms with Crippen LogP contribution in [0.25, 0.3) is 135 Å². The molecule has 0 fully saturated rings. The van der Waals surface area contributed by atoms with Gasteiger partial charge in [0.25, 0.3) is 0 Å². The molecule has 0 aliphatic heterocycles. The van der Waals surface area contributed by atoms with Gasteiger partial charge in [-0.1, -0.05) is 146 Å². The van der Waals surface area contributed by atoms with Crippen LogP contribution in [0.1, 0.15) is 0 Å². The largest absolute Gasteiger partial charge is 0.455 e. The summed E-state index contributed by atoms with van der Waals surface area (Å²) in [7, 11) is 0. The van der Waals surface area contributed by atoms with Gasteiger partial charge < -0.3 is 4.42 Å². The lowest BCUT2D eigenvalue weighted by Gasteiger charge is -2.16. The summed E-state index contributed by atoms with van der Waals surface area (Å²) in [5.74, 6) is 0.642. The lowest BCUT2D eigenvalue weighted by atomic mass is 9.94. The molecule has 0 atom stereocenters. The van der Waals surface area contributed by atoms with Crippen LogP contribution in [0.2, 0.25) is 0 Å². The van der Waals surface area contributed by atoms with Crippen LogP contribution in [0.4, 0.5) is 0 Å². The second-order valence-electron chi connectivity index (χ2n) is 15.6. The zero-order valence-electron chi connectivity index (χ0n) is 31.4. The molecule has 0 radical (unpaired) electrons. The Hall–Kier alpha value is -7.60. The van der Waals surface area contributed by atoms with Gasteiger partial charge in [0.05, 0.1) is 26.9 Å². The minimum Gasteiger partial charge on any atom is -0.455 e. The van der Waals surface area contributed by atoms with Crippen LogP contribution in [-0.2, 0) is 0 Å². The van der Waals surface area contributed by atoms with Gasteiger partial charge in [0.15, 0.2) is 0 Å². The number of thiophene rings is 1. The monoisotopic (exact) mass is 767 g/mol. The van der Waals surface area contributed by atoms with E-state index in [0.717, 1.165) is 76.7 Å². The van der Waals surface area contributed by atoms with E-state index in [1.807, 2.05) is 11.3 Å². The fourth-order valence-electron chi connectivity index (χ4n) is 10.1. The minimum absolute atomic E-state index is 0.642. The Morgan fingerprint density at radius 2 is 1.05 bits per heavy atom. The second-order valence-corrected chi connectivity index (χ2v) is 16.6. The average molecular weight is 768 g/mol. The molecule has 0 aliphatic carbocycles. The van der Waals surface area contributed by atoms with E-state index in [4.69, 9.17) is 14.4 Å². The van der Waals surface area contributed by atoms with Gasteiger partial charge in [-0.3, -0.25) is 4.57 Å². The zero-order valence-corrected chi connectivity index (χ0v) is 32.2. The molecular formula is C54H29N3OS. The third-order valence-corrected chi connectivity index (χ3v) is 13.7. The maximum absolute atomic E-state index is 6.79. The molecule has 0 N–H and O–H groups in total. The van der Waals surface area contributed by atoms with Gasteiger partial charge in [-0.25, -0.2) is 9.97 Å². The summed E-state index contributed by atoms with van der Waals surface area (Å²) < 4.78 is 11.6. The molecule has 14 aromatic rings. The molecule has 14 rings (SSSR count). The summed E-state index contributed by atoms with van der Waals surface area (Å²) in [6.07, 6.45) is 0. The number of furan rings is 1. The molecule has 10 aromatic carbocycles. The Balaban J connectivity index is 1.18. The van der Waals surface area contributed by atoms with Crippen molar-refractivity contribution in [3.05, 3.63) is 176 Å². The maximum Gasteiger partial charge on any atom is 0.235 e. The fraction of sp³-hybridized carbons (Fsp3) is 0. The normalized spacial score (nSPS) is 12.4. The number of hydrogen-bond acceptors (Lipinski definition) is 4. The summed E-state index contributed by atoms with van der Waals surface area (Å²) in [6, 6.07) is 63.2. The summed E-state index contributed by atoms with van der Waals surface area (Å²) in [6.45, 7) is 0. The second kappa shape index (κ2) is 11.5. The number of fused-ring (bicyclic) bond motifs is 21. The van der Waals surface area contributed by atoms with Crippen LogP contribution in [-0.4, -0.2) is 14.5 Å². The first-order chi connectivity index (χ1) is 29.3. The molecule has 0 aliphatic rings. The highest BCUT2D eigenvalue weighted by Crippen LogP contribution is 2.48. The van der Waals surface area contributed by atoms with E-state index in [1.165, 1.54) is 52.5 Å². The molecule has 59 heavy (non-hydrogen) atoms. The van der Waals surface area contributed by atoms with E-state index < -0.39 is 0 Å².